The third kappa shape index (κ3) is 3.25. The first-order valence-electron chi connectivity index (χ1n) is 5.11. The van der Waals surface area contributed by atoms with Gasteiger partial charge in [0, 0.05) is 6.54 Å². The predicted molar refractivity (Wildman–Crippen MR) is 66.9 cm³/mol. The number of hydrogen-bond acceptors (Lipinski definition) is 4. The molecule has 17 heavy (non-hydrogen) atoms. The fourth-order valence-corrected chi connectivity index (χ4v) is 1.79. The number of anilines is 1. The fourth-order valence-electron chi connectivity index (χ4n) is 1.35. The quantitative estimate of drug-likeness (QED) is 0.874. The highest BCUT2D eigenvalue weighted by Gasteiger charge is 2.04. The van der Waals surface area contributed by atoms with Gasteiger partial charge in [0.15, 0.2) is 0 Å². The number of carbonyl (C=O) groups is 1. The van der Waals surface area contributed by atoms with Crippen LogP contribution < -0.4 is 10.6 Å². The molecule has 2 amide bonds. The average molecular weight is 248 g/mol. The van der Waals surface area contributed by atoms with Gasteiger partial charge in [0.2, 0.25) is 5.13 Å². The summed E-state index contributed by atoms with van der Waals surface area (Å²) >= 11 is 1.28. The van der Waals surface area contributed by atoms with Crippen LogP contribution in [0.4, 0.5) is 9.93 Å². The molecule has 2 N–H and O–H groups in total. The minimum absolute atomic E-state index is 0.273. The van der Waals surface area contributed by atoms with Crippen LogP contribution in [-0.4, -0.2) is 16.2 Å². The van der Waals surface area contributed by atoms with Crippen molar-refractivity contribution in [1.82, 2.24) is 15.5 Å². The third-order valence-corrected chi connectivity index (χ3v) is 2.89. The topological polar surface area (TPSA) is 66.9 Å². The SMILES string of the molecule is Cc1ccccc1CNC(=O)Nc1nncs1. The number of amides is 2. The van der Waals surface area contributed by atoms with Crippen LogP contribution in [0.1, 0.15) is 11.1 Å². The molecule has 0 aliphatic carbocycles. The molecule has 0 saturated heterocycles. The lowest BCUT2D eigenvalue weighted by atomic mass is 10.1. The van der Waals surface area contributed by atoms with Gasteiger partial charge in [0.05, 0.1) is 0 Å². The highest BCUT2D eigenvalue weighted by Crippen LogP contribution is 2.08. The van der Waals surface area contributed by atoms with Gasteiger partial charge in [-0.15, -0.1) is 10.2 Å². The Labute approximate surface area is 103 Å². The number of benzene rings is 1. The summed E-state index contributed by atoms with van der Waals surface area (Å²) in [5, 5.41) is 13.2. The van der Waals surface area contributed by atoms with Crippen LogP contribution >= 0.6 is 11.3 Å². The van der Waals surface area contributed by atoms with E-state index in [-0.39, 0.29) is 6.03 Å². The summed E-state index contributed by atoms with van der Waals surface area (Å²) in [6.45, 7) is 2.51. The monoisotopic (exact) mass is 248 g/mol. The minimum Gasteiger partial charge on any atom is -0.334 e. The van der Waals surface area contributed by atoms with Crippen molar-refractivity contribution in [2.75, 3.05) is 5.32 Å². The number of urea groups is 1. The summed E-state index contributed by atoms with van der Waals surface area (Å²) in [4.78, 5) is 11.5. The molecule has 0 aliphatic heterocycles. The maximum Gasteiger partial charge on any atom is 0.321 e. The first-order chi connectivity index (χ1) is 8.25. The van der Waals surface area contributed by atoms with E-state index in [1.54, 1.807) is 5.51 Å². The molecule has 0 atom stereocenters. The molecule has 1 aromatic carbocycles. The Morgan fingerprint density at radius 1 is 1.41 bits per heavy atom. The van der Waals surface area contributed by atoms with Crippen molar-refractivity contribution in [3.8, 4) is 0 Å². The molecule has 0 aliphatic rings. The molecule has 5 nitrogen and oxygen atoms in total. The van der Waals surface area contributed by atoms with Gasteiger partial charge in [-0.3, -0.25) is 5.32 Å². The molecule has 2 aromatic rings. The zero-order valence-corrected chi connectivity index (χ0v) is 10.1. The van der Waals surface area contributed by atoms with E-state index in [2.05, 4.69) is 20.8 Å². The molecule has 0 bridgehead atoms. The molecule has 2 rings (SSSR count). The van der Waals surface area contributed by atoms with Crippen LogP contribution in [0.5, 0.6) is 0 Å². The third-order valence-electron chi connectivity index (χ3n) is 2.28. The number of nitrogens with zero attached hydrogens (tertiary/aromatic N) is 2. The molecular formula is C11H12N4OS. The van der Waals surface area contributed by atoms with Crippen LogP contribution in [0.2, 0.25) is 0 Å². The molecule has 1 heterocycles. The van der Waals surface area contributed by atoms with Crippen LogP contribution in [0.3, 0.4) is 0 Å². The van der Waals surface area contributed by atoms with Gasteiger partial charge in [-0.25, -0.2) is 4.79 Å². The smallest absolute Gasteiger partial charge is 0.321 e. The second kappa shape index (κ2) is 5.40. The van der Waals surface area contributed by atoms with Gasteiger partial charge in [0.25, 0.3) is 0 Å². The fraction of sp³-hybridized carbons (Fsp3) is 0.182. The molecule has 0 radical (unpaired) electrons. The normalized spacial score (nSPS) is 9.94. The Morgan fingerprint density at radius 3 is 2.94 bits per heavy atom. The van der Waals surface area contributed by atoms with Crippen LogP contribution in [-0.2, 0) is 6.54 Å². The summed E-state index contributed by atoms with van der Waals surface area (Å²) in [7, 11) is 0. The Bertz CT molecular complexity index is 498. The number of aryl methyl sites for hydroxylation is 1. The highest BCUT2D eigenvalue weighted by atomic mass is 32.1. The van der Waals surface area contributed by atoms with Gasteiger partial charge in [-0.05, 0) is 18.1 Å². The van der Waals surface area contributed by atoms with Gasteiger partial charge >= 0.3 is 6.03 Å². The van der Waals surface area contributed by atoms with Crippen molar-refractivity contribution in [3.63, 3.8) is 0 Å². The molecule has 88 valence electrons. The summed E-state index contributed by atoms with van der Waals surface area (Å²) in [6.07, 6.45) is 0. The molecule has 0 fully saturated rings. The van der Waals surface area contributed by atoms with Crippen molar-refractivity contribution in [1.29, 1.82) is 0 Å². The summed E-state index contributed by atoms with van der Waals surface area (Å²) in [6, 6.07) is 7.65. The van der Waals surface area contributed by atoms with Crippen molar-refractivity contribution < 1.29 is 4.79 Å². The van der Waals surface area contributed by atoms with E-state index in [0.717, 1.165) is 11.1 Å². The van der Waals surface area contributed by atoms with Gasteiger partial charge < -0.3 is 5.32 Å². The largest absolute Gasteiger partial charge is 0.334 e. The van der Waals surface area contributed by atoms with Crippen LogP contribution in [0.25, 0.3) is 0 Å². The molecule has 6 heteroatoms. The first-order valence-corrected chi connectivity index (χ1v) is 5.99. The molecule has 0 spiro atoms. The Hall–Kier alpha value is -1.95. The summed E-state index contributed by atoms with van der Waals surface area (Å²) in [5.74, 6) is 0. The number of aromatic nitrogens is 2. The standard InChI is InChI=1S/C11H12N4OS/c1-8-4-2-3-5-9(8)6-12-10(16)14-11-15-13-7-17-11/h2-5,7H,6H2,1H3,(H2,12,14,15,16). The Balaban J connectivity index is 1.86. The van der Waals surface area contributed by atoms with Crippen LogP contribution in [0.15, 0.2) is 29.8 Å². The highest BCUT2D eigenvalue weighted by molar-refractivity contribution is 7.13. The lowest BCUT2D eigenvalue weighted by Crippen LogP contribution is -2.28. The number of hydrogen-bond donors (Lipinski definition) is 2. The lowest BCUT2D eigenvalue weighted by molar-refractivity contribution is 0.251. The number of carbonyl (C=O) groups excluding carboxylic acids is 1. The van der Waals surface area contributed by atoms with Gasteiger partial charge in [-0.1, -0.05) is 35.6 Å². The number of nitrogens with one attached hydrogen (secondary N) is 2. The van der Waals surface area contributed by atoms with E-state index < -0.39 is 0 Å². The molecule has 0 unspecified atom stereocenters. The molecule has 1 aromatic heterocycles. The lowest BCUT2D eigenvalue weighted by Gasteiger charge is -2.07. The zero-order valence-electron chi connectivity index (χ0n) is 9.30. The first kappa shape index (κ1) is 11.5. The average Bonchev–Trinajstić information content (AvgIpc) is 2.81. The minimum atomic E-state index is -0.273. The summed E-state index contributed by atoms with van der Waals surface area (Å²) in [5.41, 5.74) is 3.82. The Morgan fingerprint density at radius 2 is 2.24 bits per heavy atom. The van der Waals surface area contributed by atoms with E-state index >= 15 is 0 Å². The van der Waals surface area contributed by atoms with E-state index in [1.165, 1.54) is 11.3 Å². The molecule has 0 saturated carbocycles. The zero-order chi connectivity index (χ0) is 12.1. The predicted octanol–water partition coefficient (Wildman–Crippen LogP) is 2.17. The van der Waals surface area contributed by atoms with E-state index in [9.17, 15) is 4.79 Å². The van der Waals surface area contributed by atoms with E-state index in [0.29, 0.717) is 11.7 Å². The second-order valence-corrected chi connectivity index (χ2v) is 4.31. The van der Waals surface area contributed by atoms with Crippen molar-refractivity contribution in [3.05, 3.63) is 40.9 Å². The van der Waals surface area contributed by atoms with Crippen molar-refractivity contribution in [2.45, 2.75) is 13.5 Å². The summed E-state index contributed by atoms with van der Waals surface area (Å²) < 4.78 is 0. The van der Waals surface area contributed by atoms with E-state index in [1.807, 2.05) is 31.2 Å². The van der Waals surface area contributed by atoms with Crippen molar-refractivity contribution in [2.24, 2.45) is 0 Å². The second-order valence-electron chi connectivity index (χ2n) is 3.48. The van der Waals surface area contributed by atoms with Gasteiger partial charge in [0.1, 0.15) is 5.51 Å². The number of rotatable bonds is 3. The van der Waals surface area contributed by atoms with E-state index in [4.69, 9.17) is 0 Å². The maximum absolute atomic E-state index is 11.5. The Kier molecular flexibility index (Phi) is 3.66. The van der Waals surface area contributed by atoms with Gasteiger partial charge in [-0.2, -0.15) is 0 Å². The molecular weight excluding hydrogens is 236 g/mol. The maximum atomic E-state index is 11.5. The van der Waals surface area contributed by atoms with Crippen LogP contribution in [0, 0.1) is 6.92 Å². The van der Waals surface area contributed by atoms with Crippen molar-refractivity contribution >= 4 is 22.5 Å².